The van der Waals surface area contributed by atoms with E-state index in [1.54, 1.807) is 18.2 Å². The number of aliphatic carboxylic acids is 1. The van der Waals surface area contributed by atoms with Gasteiger partial charge in [-0.2, -0.15) is 5.10 Å². The molecule has 8 nitrogen and oxygen atoms in total. The number of carbonyl (C=O) groups is 2. The molecule has 3 aromatic carbocycles. The summed E-state index contributed by atoms with van der Waals surface area (Å²) < 4.78 is 11.1. The van der Waals surface area contributed by atoms with Gasteiger partial charge in [0.15, 0.2) is 18.1 Å². The first-order chi connectivity index (χ1) is 17.0. The molecule has 0 aliphatic carbocycles. The van der Waals surface area contributed by atoms with E-state index >= 15 is 0 Å². The fraction of sp³-hybridized carbons (Fsp3) is 0.0769. The van der Waals surface area contributed by atoms with Gasteiger partial charge in [-0.1, -0.05) is 48.5 Å². The van der Waals surface area contributed by atoms with Crippen LogP contribution in [0, 0.1) is 0 Å². The molecule has 176 valence electrons. The van der Waals surface area contributed by atoms with Gasteiger partial charge in [0.05, 0.1) is 34.6 Å². The number of carbonyl (C=O) groups excluding carboxylic acids is 1. The molecule has 1 amide bonds. The van der Waals surface area contributed by atoms with Crippen LogP contribution in [0.5, 0.6) is 11.5 Å². The number of ether oxygens (including phenoxy) is 2. The average molecular weight is 534 g/mol. The lowest BCUT2D eigenvalue weighted by Gasteiger charge is -2.12. The van der Waals surface area contributed by atoms with Crippen LogP contribution in [0.25, 0.3) is 22.2 Å². The molecule has 4 aromatic rings. The molecule has 0 aliphatic rings. The molecule has 1 aromatic heterocycles. The number of fused-ring (bicyclic) bond motifs is 1. The molecule has 0 spiro atoms. The maximum atomic E-state index is 13.1. The van der Waals surface area contributed by atoms with E-state index in [1.165, 1.54) is 13.3 Å². The Balaban J connectivity index is 1.59. The quantitative estimate of drug-likeness (QED) is 0.246. The van der Waals surface area contributed by atoms with E-state index in [-0.39, 0.29) is 11.7 Å². The van der Waals surface area contributed by atoms with E-state index in [0.29, 0.717) is 37.9 Å². The van der Waals surface area contributed by atoms with Crippen LogP contribution in [0.1, 0.15) is 15.9 Å². The summed E-state index contributed by atoms with van der Waals surface area (Å²) in [6, 6.07) is 22.1. The Bertz CT molecular complexity index is 1420. The standard InChI is InChI=1S/C26H20BrN3O5/c1-34-23-12-16(11-20(27)25(23)35-15-24(31)32)14-28-30-26(33)19-13-22(17-7-3-2-4-8-17)29-21-10-6-5-9-18(19)21/h2-14H,15H2,1H3,(H,30,33)(H,31,32)/b28-14+. The molecule has 0 saturated heterocycles. The van der Waals surface area contributed by atoms with E-state index in [0.717, 1.165) is 5.56 Å². The Hall–Kier alpha value is -4.24. The Labute approximate surface area is 209 Å². The first-order valence-corrected chi connectivity index (χ1v) is 11.3. The second-order valence-corrected chi connectivity index (χ2v) is 8.21. The van der Waals surface area contributed by atoms with Gasteiger partial charge in [0.25, 0.3) is 5.91 Å². The summed E-state index contributed by atoms with van der Waals surface area (Å²) in [6.45, 7) is -0.511. The number of aromatic nitrogens is 1. The average Bonchev–Trinajstić information content (AvgIpc) is 2.87. The molecular weight excluding hydrogens is 514 g/mol. The zero-order chi connectivity index (χ0) is 24.8. The molecule has 9 heteroatoms. The fourth-order valence-corrected chi connectivity index (χ4v) is 4.01. The number of para-hydroxylation sites is 1. The van der Waals surface area contributed by atoms with Crippen LogP contribution < -0.4 is 14.9 Å². The Morgan fingerprint density at radius 3 is 2.57 bits per heavy atom. The van der Waals surface area contributed by atoms with Crippen LogP contribution in [-0.2, 0) is 4.79 Å². The predicted octanol–water partition coefficient (Wildman–Crippen LogP) is 4.90. The molecule has 0 aliphatic heterocycles. The van der Waals surface area contributed by atoms with Crippen molar-refractivity contribution in [1.82, 2.24) is 10.4 Å². The van der Waals surface area contributed by atoms with Gasteiger partial charge in [0.2, 0.25) is 0 Å². The number of benzene rings is 3. The zero-order valence-corrected chi connectivity index (χ0v) is 20.2. The predicted molar refractivity (Wildman–Crippen MR) is 136 cm³/mol. The third-order valence-electron chi connectivity index (χ3n) is 5.00. The van der Waals surface area contributed by atoms with E-state index < -0.39 is 12.6 Å². The van der Waals surface area contributed by atoms with E-state index in [1.807, 2.05) is 54.6 Å². The first-order valence-electron chi connectivity index (χ1n) is 10.5. The fourth-order valence-electron chi connectivity index (χ4n) is 3.43. The molecule has 0 bridgehead atoms. The number of nitrogens with zero attached hydrogens (tertiary/aromatic N) is 2. The number of carboxylic acid groups (broad SMARTS) is 1. The number of halogens is 1. The van der Waals surface area contributed by atoms with Crippen molar-refractivity contribution < 1.29 is 24.2 Å². The van der Waals surface area contributed by atoms with E-state index in [2.05, 4.69) is 26.5 Å². The minimum atomic E-state index is -1.11. The van der Waals surface area contributed by atoms with Gasteiger partial charge in [0.1, 0.15) is 0 Å². The van der Waals surface area contributed by atoms with Crippen LogP contribution in [0.4, 0.5) is 0 Å². The molecule has 1 heterocycles. The number of nitrogens with one attached hydrogen (secondary N) is 1. The molecule has 0 atom stereocenters. The van der Waals surface area contributed by atoms with Gasteiger partial charge >= 0.3 is 5.97 Å². The van der Waals surface area contributed by atoms with Crippen LogP contribution in [0.15, 0.2) is 82.4 Å². The molecule has 0 saturated carbocycles. The number of amides is 1. The third-order valence-corrected chi connectivity index (χ3v) is 5.59. The minimum Gasteiger partial charge on any atom is -0.493 e. The van der Waals surface area contributed by atoms with Gasteiger partial charge in [-0.3, -0.25) is 4.79 Å². The maximum Gasteiger partial charge on any atom is 0.341 e. The maximum absolute atomic E-state index is 13.1. The van der Waals surface area contributed by atoms with Crippen molar-refractivity contribution in [2.45, 2.75) is 0 Å². The van der Waals surface area contributed by atoms with Gasteiger partial charge in [-0.05, 0) is 45.8 Å². The van der Waals surface area contributed by atoms with Crippen molar-refractivity contribution in [3.63, 3.8) is 0 Å². The highest BCUT2D eigenvalue weighted by molar-refractivity contribution is 9.10. The Morgan fingerprint density at radius 1 is 1.09 bits per heavy atom. The number of rotatable bonds is 8. The van der Waals surface area contributed by atoms with Crippen molar-refractivity contribution in [1.29, 1.82) is 0 Å². The van der Waals surface area contributed by atoms with E-state index in [9.17, 15) is 9.59 Å². The van der Waals surface area contributed by atoms with Crippen molar-refractivity contribution in [3.8, 4) is 22.8 Å². The monoisotopic (exact) mass is 533 g/mol. The zero-order valence-electron chi connectivity index (χ0n) is 18.6. The molecule has 4 rings (SSSR count). The molecule has 0 unspecified atom stereocenters. The number of hydrazone groups is 1. The lowest BCUT2D eigenvalue weighted by Crippen LogP contribution is -2.18. The lowest BCUT2D eigenvalue weighted by atomic mass is 10.0. The summed E-state index contributed by atoms with van der Waals surface area (Å²) in [6.07, 6.45) is 1.45. The highest BCUT2D eigenvalue weighted by atomic mass is 79.9. The number of pyridine rings is 1. The van der Waals surface area contributed by atoms with Crippen LogP contribution >= 0.6 is 15.9 Å². The van der Waals surface area contributed by atoms with Gasteiger partial charge in [0, 0.05) is 10.9 Å². The van der Waals surface area contributed by atoms with Gasteiger partial charge in [-0.15, -0.1) is 0 Å². The molecule has 35 heavy (non-hydrogen) atoms. The van der Waals surface area contributed by atoms with Crippen molar-refractivity contribution in [2.75, 3.05) is 13.7 Å². The van der Waals surface area contributed by atoms with E-state index in [4.69, 9.17) is 19.6 Å². The number of methoxy groups -OCH3 is 1. The lowest BCUT2D eigenvalue weighted by molar-refractivity contribution is -0.139. The van der Waals surface area contributed by atoms with Crippen LogP contribution in [0.3, 0.4) is 0 Å². The number of carboxylic acids is 1. The highest BCUT2D eigenvalue weighted by Gasteiger charge is 2.15. The summed E-state index contributed by atoms with van der Waals surface area (Å²) in [5.74, 6) is -0.912. The topological polar surface area (TPSA) is 110 Å². The first kappa shape index (κ1) is 23.9. The minimum absolute atomic E-state index is 0.257. The number of hydrogen-bond donors (Lipinski definition) is 2. The SMILES string of the molecule is COc1cc(/C=N/NC(=O)c2cc(-c3ccccc3)nc3ccccc23)cc(Br)c1OCC(=O)O. The summed E-state index contributed by atoms with van der Waals surface area (Å²) in [5.41, 5.74) is 5.90. The third kappa shape index (κ3) is 5.64. The summed E-state index contributed by atoms with van der Waals surface area (Å²) in [5, 5.41) is 13.7. The largest absolute Gasteiger partial charge is 0.493 e. The summed E-state index contributed by atoms with van der Waals surface area (Å²) in [4.78, 5) is 28.6. The van der Waals surface area contributed by atoms with Gasteiger partial charge in [-0.25, -0.2) is 15.2 Å². The highest BCUT2D eigenvalue weighted by Crippen LogP contribution is 2.36. The Kier molecular flexibility index (Phi) is 7.37. The van der Waals surface area contributed by atoms with Crippen LogP contribution in [-0.4, -0.2) is 41.9 Å². The normalized spacial score (nSPS) is 10.9. The molecular formula is C26H20BrN3O5. The molecule has 0 radical (unpaired) electrons. The Morgan fingerprint density at radius 2 is 1.83 bits per heavy atom. The smallest absolute Gasteiger partial charge is 0.341 e. The van der Waals surface area contributed by atoms with Gasteiger partial charge < -0.3 is 14.6 Å². The van der Waals surface area contributed by atoms with Crippen molar-refractivity contribution in [2.24, 2.45) is 5.10 Å². The van der Waals surface area contributed by atoms with Crippen LogP contribution in [0.2, 0.25) is 0 Å². The second-order valence-electron chi connectivity index (χ2n) is 7.35. The molecule has 2 N–H and O–H groups in total. The summed E-state index contributed by atoms with van der Waals surface area (Å²) >= 11 is 3.35. The molecule has 0 fully saturated rings. The summed E-state index contributed by atoms with van der Waals surface area (Å²) in [7, 11) is 1.44. The second kappa shape index (κ2) is 10.8. The number of hydrogen-bond acceptors (Lipinski definition) is 6. The van der Waals surface area contributed by atoms with Crippen molar-refractivity contribution in [3.05, 3.63) is 88.4 Å². The van der Waals surface area contributed by atoms with Crippen molar-refractivity contribution >= 4 is 44.9 Å².